The number of morpholine rings is 1. The van der Waals surface area contributed by atoms with Crippen molar-refractivity contribution in [2.75, 3.05) is 39.5 Å². The summed E-state index contributed by atoms with van der Waals surface area (Å²) in [7, 11) is 0. The van der Waals surface area contributed by atoms with E-state index in [0.717, 1.165) is 83.4 Å². The summed E-state index contributed by atoms with van der Waals surface area (Å²) in [6.07, 6.45) is 11.2. The first-order valence-corrected chi connectivity index (χ1v) is 16.5. The third-order valence-corrected chi connectivity index (χ3v) is 11.5. The fourth-order valence-electron chi connectivity index (χ4n) is 9.15. The van der Waals surface area contributed by atoms with Gasteiger partial charge in [0.2, 0.25) is 5.91 Å². The highest BCUT2D eigenvalue weighted by Gasteiger charge is 2.60. The first-order valence-electron chi connectivity index (χ1n) is 16.5. The van der Waals surface area contributed by atoms with Gasteiger partial charge in [-0.1, -0.05) is 19.9 Å². The van der Waals surface area contributed by atoms with E-state index in [2.05, 4.69) is 36.2 Å². The predicted octanol–water partition coefficient (Wildman–Crippen LogP) is 5.33. The van der Waals surface area contributed by atoms with Crippen molar-refractivity contribution in [2.24, 2.45) is 34.5 Å². The molecular weight excluding hydrogens is 530 g/mol. The summed E-state index contributed by atoms with van der Waals surface area (Å²) in [4.78, 5) is 43.8. The second-order valence-electron chi connectivity index (χ2n) is 14.5. The smallest absolute Gasteiger partial charge is 0.334 e. The van der Waals surface area contributed by atoms with Gasteiger partial charge in [0.15, 0.2) is 0 Å². The molecule has 5 rings (SSSR count). The Bertz CT molecular complexity index is 1110. The number of rotatable bonds is 7. The monoisotopic (exact) mass is 583 g/mol. The average Bonchev–Trinajstić information content (AvgIpc) is 3.29. The average molecular weight is 584 g/mol. The van der Waals surface area contributed by atoms with Crippen molar-refractivity contribution < 1.29 is 23.9 Å². The van der Waals surface area contributed by atoms with Crippen LogP contribution in [-0.4, -0.2) is 79.2 Å². The van der Waals surface area contributed by atoms with Crippen LogP contribution in [0.1, 0.15) is 86.5 Å². The normalized spacial score (nSPS) is 34.6. The minimum atomic E-state index is -0.270. The number of nitrogens with zero attached hydrogens (tertiary/aromatic N) is 2. The second-order valence-corrected chi connectivity index (χ2v) is 14.5. The number of esters is 1. The van der Waals surface area contributed by atoms with Crippen molar-refractivity contribution in [1.82, 2.24) is 15.1 Å². The standard InChI is InChI=1S/C34H53N3O5/c1-22(2)35-32(40)37(23(3)4)30(38)29-10-9-27-26-8-7-25-21-24(31(39)42-20-17-36-15-18-41-19-16-36)11-13-33(25,5)28(26)12-14-34(27,29)6/h7,21-23,26-29H,8-20H2,1-6H3,(H,35,40)/t26-,27-,28-,29+,33-,34-/m0/s1. The predicted molar refractivity (Wildman–Crippen MR) is 163 cm³/mol. The molecule has 0 radical (unpaired) electrons. The van der Waals surface area contributed by atoms with Gasteiger partial charge < -0.3 is 14.8 Å². The van der Waals surface area contributed by atoms with E-state index in [4.69, 9.17) is 9.47 Å². The second kappa shape index (κ2) is 12.4. The number of hydrogen-bond donors (Lipinski definition) is 1. The first kappa shape index (κ1) is 31.2. The van der Waals surface area contributed by atoms with Gasteiger partial charge in [0.25, 0.3) is 0 Å². The molecule has 1 aliphatic heterocycles. The number of carbonyl (C=O) groups is 3. The minimum absolute atomic E-state index is 0.00206. The number of hydrogen-bond acceptors (Lipinski definition) is 6. The minimum Gasteiger partial charge on any atom is -0.461 e. The summed E-state index contributed by atoms with van der Waals surface area (Å²) in [6, 6.07) is -0.462. The van der Waals surface area contributed by atoms with Gasteiger partial charge in [-0.15, -0.1) is 0 Å². The Morgan fingerprint density at radius 2 is 1.81 bits per heavy atom. The Morgan fingerprint density at radius 3 is 2.50 bits per heavy atom. The van der Waals surface area contributed by atoms with Crippen LogP contribution in [0.15, 0.2) is 23.3 Å². The topological polar surface area (TPSA) is 88.2 Å². The Labute approximate surface area is 252 Å². The van der Waals surface area contributed by atoms with Gasteiger partial charge in [-0.05, 0) is 113 Å². The summed E-state index contributed by atoms with van der Waals surface area (Å²) in [5, 5.41) is 2.95. The zero-order chi connectivity index (χ0) is 30.2. The van der Waals surface area contributed by atoms with Gasteiger partial charge in [0, 0.05) is 43.2 Å². The van der Waals surface area contributed by atoms with Crippen LogP contribution < -0.4 is 5.32 Å². The maximum absolute atomic E-state index is 14.0. The lowest BCUT2D eigenvalue weighted by Crippen LogP contribution is -2.55. The molecule has 1 N–H and O–H groups in total. The van der Waals surface area contributed by atoms with Crippen LogP contribution in [-0.2, 0) is 19.1 Å². The van der Waals surface area contributed by atoms with E-state index in [0.29, 0.717) is 24.4 Å². The van der Waals surface area contributed by atoms with E-state index >= 15 is 0 Å². The molecule has 0 aromatic rings. The fourth-order valence-corrected chi connectivity index (χ4v) is 9.15. The molecule has 234 valence electrons. The molecular formula is C34H53N3O5. The SMILES string of the molecule is CC(C)NC(=O)N(C(=O)[C@H]1CC[C@H]2[C@@H]3CC=C4C=C(C(=O)OCCN5CCOCC5)CC[C@]4(C)[C@H]3CC[C@]12C)C(C)C. The molecule has 0 spiro atoms. The van der Waals surface area contributed by atoms with E-state index in [1.165, 1.54) is 10.5 Å². The van der Waals surface area contributed by atoms with Gasteiger partial charge >= 0.3 is 12.0 Å². The van der Waals surface area contributed by atoms with Crippen LogP contribution in [0.4, 0.5) is 4.79 Å². The zero-order valence-corrected chi connectivity index (χ0v) is 26.7. The van der Waals surface area contributed by atoms with Crippen molar-refractivity contribution in [3.8, 4) is 0 Å². The lowest BCUT2D eigenvalue weighted by atomic mass is 9.48. The molecule has 3 fully saturated rings. The van der Waals surface area contributed by atoms with Crippen LogP contribution in [0.3, 0.4) is 0 Å². The molecule has 1 saturated heterocycles. The van der Waals surface area contributed by atoms with Crippen molar-refractivity contribution in [2.45, 2.75) is 98.6 Å². The first-order chi connectivity index (χ1) is 20.0. The number of carbonyl (C=O) groups excluding carboxylic acids is 3. The molecule has 42 heavy (non-hydrogen) atoms. The number of fused-ring (bicyclic) bond motifs is 5. The number of ether oxygens (including phenoxy) is 2. The molecule has 8 nitrogen and oxygen atoms in total. The van der Waals surface area contributed by atoms with E-state index < -0.39 is 0 Å². The lowest BCUT2D eigenvalue weighted by Gasteiger charge is -2.57. The van der Waals surface area contributed by atoms with Crippen LogP contribution in [0.5, 0.6) is 0 Å². The molecule has 0 aromatic carbocycles. The molecule has 3 amide bonds. The highest BCUT2D eigenvalue weighted by atomic mass is 16.5. The van der Waals surface area contributed by atoms with Crippen molar-refractivity contribution >= 4 is 17.9 Å². The lowest BCUT2D eigenvalue weighted by molar-refractivity contribution is -0.140. The summed E-state index contributed by atoms with van der Waals surface area (Å²) in [6.45, 7) is 16.9. The number of allylic oxidation sites excluding steroid dienone is 3. The molecule has 5 aliphatic rings. The van der Waals surface area contributed by atoms with Crippen molar-refractivity contribution in [3.63, 3.8) is 0 Å². The van der Waals surface area contributed by atoms with Gasteiger partial charge in [-0.2, -0.15) is 0 Å². The number of urea groups is 1. The Balaban J connectivity index is 1.27. The van der Waals surface area contributed by atoms with Crippen LogP contribution >= 0.6 is 0 Å². The Morgan fingerprint density at radius 1 is 1.07 bits per heavy atom. The van der Waals surface area contributed by atoms with Gasteiger partial charge in [-0.25, -0.2) is 9.59 Å². The van der Waals surface area contributed by atoms with E-state index in [-0.39, 0.29) is 46.7 Å². The van der Waals surface area contributed by atoms with E-state index in [1.807, 2.05) is 27.7 Å². The van der Waals surface area contributed by atoms with Gasteiger partial charge in [0.1, 0.15) is 6.61 Å². The molecule has 0 bridgehead atoms. The quantitative estimate of drug-likeness (QED) is 0.408. The van der Waals surface area contributed by atoms with Crippen LogP contribution in [0.25, 0.3) is 0 Å². The third kappa shape index (κ3) is 5.82. The molecule has 1 heterocycles. The third-order valence-electron chi connectivity index (χ3n) is 11.5. The van der Waals surface area contributed by atoms with E-state index in [9.17, 15) is 14.4 Å². The zero-order valence-electron chi connectivity index (χ0n) is 26.7. The van der Waals surface area contributed by atoms with Crippen LogP contribution in [0.2, 0.25) is 0 Å². The van der Waals surface area contributed by atoms with Gasteiger partial charge in [-0.3, -0.25) is 14.6 Å². The highest BCUT2D eigenvalue weighted by molar-refractivity contribution is 5.96. The van der Waals surface area contributed by atoms with Crippen molar-refractivity contribution in [1.29, 1.82) is 0 Å². The number of imide groups is 1. The maximum Gasteiger partial charge on any atom is 0.334 e. The maximum atomic E-state index is 14.0. The molecule has 2 saturated carbocycles. The summed E-state index contributed by atoms with van der Waals surface area (Å²) in [5.74, 6) is 1.26. The Kier molecular flexibility index (Phi) is 9.25. The molecule has 4 aliphatic carbocycles. The molecule has 0 aromatic heterocycles. The summed E-state index contributed by atoms with van der Waals surface area (Å²) < 4.78 is 11.1. The van der Waals surface area contributed by atoms with Crippen LogP contribution in [0, 0.1) is 34.5 Å². The Hall–Kier alpha value is -2.19. The van der Waals surface area contributed by atoms with E-state index in [1.54, 1.807) is 0 Å². The number of nitrogens with one attached hydrogen (secondary N) is 1. The highest BCUT2D eigenvalue weighted by Crippen LogP contribution is 2.66. The van der Waals surface area contributed by atoms with Gasteiger partial charge in [0.05, 0.1) is 13.2 Å². The summed E-state index contributed by atoms with van der Waals surface area (Å²) in [5.41, 5.74) is 2.07. The largest absolute Gasteiger partial charge is 0.461 e. The number of amides is 3. The molecule has 6 atom stereocenters. The fraction of sp³-hybridized carbons (Fsp3) is 0.794. The molecule has 8 heteroatoms. The van der Waals surface area contributed by atoms with Crippen molar-refractivity contribution in [3.05, 3.63) is 23.3 Å². The molecule has 0 unspecified atom stereocenters. The summed E-state index contributed by atoms with van der Waals surface area (Å²) >= 11 is 0.